The van der Waals surface area contributed by atoms with E-state index >= 15 is 0 Å². The Morgan fingerprint density at radius 1 is 1.17 bits per heavy atom. The van der Waals surface area contributed by atoms with Crippen molar-refractivity contribution in [3.63, 3.8) is 0 Å². The Morgan fingerprint density at radius 2 is 1.96 bits per heavy atom. The molecular formula is C20H24N2O2. The Labute approximate surface area is 143 Å². The van der Waals surface area contributed by atoms with Gasteiger partial charge in [0.05, 0.1) is 18.8 Å². The van der Waals surface area contributed by atoms with Crippen molar-refractivity contribution in [2.75, 3.05) is 29.9 Å². The number of aryl methyl sites for hydroxylation is 1. The van der Waals surface area contributed by atoms with Gasteiger partial charge < -0.3 is 15.0 Å². The van der Waals surface area contributed by atoms with Crippen LogP contribution in [0.25, 0.3) is 0 Å². The standard InChI is InChI=1S/C20H24N2O2/c1-2-14-24-19-12-6-4-10-17(19)21-20(23)15-22-13-7-9-16-8-3-5-11-18(16)22/h3-6,8,10-12H,2,7,9,13-15H2,1H3,(H,21,23). The van der Waals surface area contributed by atoms with Gasteiger partial charge in [-0.1, -0.05) is 37.3 Å². The molecule has 0 saturated carbocycles. The lowest BCUT2D eigenvalue weighted by molar-refractivity contribution is -0.115. The summed E-state index contributed by atoms with van der Waals surface area (Å²) >= 11 is 0. The maximum absolute atomic E-state index is 12.5. The first-order valence-electron chi connectivity index (χ1n) is 8.62. The average molecular weight is 324 g/mol. The number of amides is 1. The number of nitrogens with zero attached hydrogens (tertiary/aromatic N) is 1. The maximum Gasteiger partial charge on any atom is 0.243 e. The summed E-state index contributed by atoms with van der Waals surface area (Å²) in [6, 6.07) is 15.9. The predicted octanol–water partition coefficient (Wildman–Crippen LogP) is 3.87. The number of rotatable bonds is 6. The van der Waals surface area contributed by atoms with Gasteiger partial charge in [0.1, 0.15) is 5.75 Å². The van der Waals surface area contributed by atoms with Crippen LogP contribution in [0.3, 0.4) is 0 Å². The summed E-state index contributed by atoms with van der Waals surface area (Å²) in [6.45, 7) is 3.99. The smallest absolute Gasteiger partial charge is 0.243 e. The van der Waals surface area contributed by atoms with Crippen LogP contribution in [0.15, 0.2) is 48.5 Å². The van der Waals surface area contributed by atoms with Gasteiger partial charge in [0.25, 0.3) is 0 Å². The molecule has 0 atom stereocenters. The zero-order valence-corrected chi connectivity index (χ0v) is 14.1. The molecule has 1 heterocycles. The van der Waals surface area contributed by atoms with Gasteiger partial charge in [0.2, 0.25) is 5.91 Å². The lowest BCUT2D eigenvalue weighted by atomic mass is 10.0. The Kier molecular flexibility index (Phi) is 5.36. The minimum atomic E-state index is -0.0146. The highest BCUT2D eigenvalue weighted by Gasteiger charge is 2.19. The minimum Gasteiger partial charge on any atom is -0.491 e. The van der Waals surface area contributed by atoms with Gasteiger partial charge in [-0.15, -0.1) is 0 Å². The minimum absolute atomic E-state index is 0.0146. The summed E-state index contributed by atoms with van der Waals surface area (Å²) in [4.78, 5) is 14.7. The van der Waals surface area contributed by atoms with E-state index in [0.29, 0.717) is 13.2 Å². The highest BCUT2D eigenvalue weighted by molar-refractivity contribution is 5.95. The molecule has 3 rings (SSSR count). The van der Waals surface area contributed by atoms with E-state index in [-0.39, 0.29) is 5.91 Å². The SMILES string of the molecule is CCCOc1ccccc1NC(=O)CN1CCCc2ccccc21. The lowest BCUT2D eigenvalue weighted by Crippen LogP contribution is -2.36. The topological polar surface area (TPSA) is 41.6 Å². The monoisotopic (exact) mass is 324 g/mol. The van der Waals surface area contributed by atoms with Crippen molar-refractivity contribution >= 4 is 17.3 Å². The molecule has 2 aromatic rings. The fraction of sp³-hybridized carbons (Fsp3) is 0.350. The first-order valence-corrected chi connectivity index (χ1v) is 8.62. The van der Waals surface area contributed by atoms with Gasteiger partial charge in [-0.3, -0.25) is 4.79 Å². The van der Waals surface area contributed by atoms with E-state index in [0.717, 1.165) is 37.2 Å². The first kappa shape index (κ1) is 16.4. The fourth-order valence-electron chi connectivity index (χ4n) is 3.05. The van der Waals surface area contributed by atoms with Crippen molar-refractivity contribution in [3.05, 3.63) is 54.1 Å². The molecule has 0 fully saturated rings. The summed E-state index contributed by atoms with van der Waals surface area (Å²) in [5, 5.41) is 2.99. The van der Waals surface area contributed by atoms with Crippen LogP contribution in [0.1, 0.15) is 25.3 Å². The molecule has 24 heavy (non-hydrogen) atoms. The van der Waals surface area contributed by atoms with Crippen molar-refractivity contribution in [2.24, 2.45) is 0 Å². The third-order valence-corrected chi connectivity index (χ3v) is 4.16. The molecule has 1 amide bonds. The van der Waals surface area contributed by atoms with Gasteiger partial charge in [0.15, 0.2) is 0 Å². The molecule has 0 bridgehead atoms. The molecule has 4 heteroatoms. The number of hydrogen-bond donors (Lipinski definition) is 1. The van der Waals surface area contributed by atoms with Crippen molar-refractivity contribution in [1.82, 2.24) is 0 Å². The predicted molar refractivity (Wildman–Crippen MR) is 97.8 cm³/mol. The molecule has 0 radical (unpaired) electrons. The van der Waals surface area contributed by atoms with Gasteiger partial charge >= 0.3 is 0 Å². The van der Waals surface area contributed by atoms with E-state index in [2.05, 4.69) is 35.3 Å². The zero-order valence-electron chi connectivity index (χ0n) is 14.1. The van der Waals surface area contributed by atoms with Crippen LogP contribution < -0.4 is 15.0 Å². The van der Waals surface area contributed by atoms with Crippen molar-refractivity contribution in [2.45, 2.75) is 26.2 Å². The second kappa shape index (κ2) is 7.86. The molecule has 2 aromatic carbocycles. The normalized spacial score (nSPS) is 13.3. The lowest BCUT2D eigenvalue weighted by Gasteiger charge is -2.30. The Balaban J connectivity index is 1.67. The maximum atomic E-state index is 12.5. The number of para-hydroxylation sites is 3. The third-order valence-electron chi connectivity index (χ3n) is 4.16. The van der Waals surface area contributed by atoms with Crippen LogP contribution >= 0.6 is 0 Å². The Bertz CT molecular complexity index is 700. The molecule has 0 unspecified atom stereocenters. The first-order chi connectivity index (χ1) is 11.8. The van der Waals surface area contributed by atoms with Crippen molar-refractivity contribution in [3.8, 4) is 5.75 Å². The molecule has 4 nitrogen and oxygen atoms in total. The summed E-state index contributed by atoms with van der Waals surface area (Å²) in [7, 11) is 0. The summed E-state index contributed by atoms with van der Waals surface area (Å²) in [6.07, 6.45) is 3.11. The number of benzene rings is 2. The van der Waals surface area contributed by atoms with Crippen LogP contribution in [-0.4, -0.2) is 25.6 Å². The second-order valence-corrected chi connectivity index (χ2v) is 6.05. The van der Waals surface area contributed by atoms with Crippen LogP contribution in [0.5, 0.6) is 5.75 Å². The van der Waals surface area contributed by atoms with Gasteiger partial charge in [0, 0.05) is 12.2 Å². The summed E-state index contributed by atoms with van der Waals surface area (Å²) in [5.74, 6) is 0.714. The second-order valence-electron chi connectivity index (χ2n) is 6.05. The average Bonchev–Trinajstić information content (AvgIpc) is 2.61. The van der Waals surface area contributed by atoms with E-state index in [4.69, 9.17) is 4.74 Å². The number of carbonyl (C=O) groups excluding carboxylic acids is 1. The molecule has 1 aliphatic rings. The van der Waals surface area contributed by atoms with Gasteiger partial charge in [-0.2, -0.15) is 0 Å². The number of fused-ring (bicyclic) bond motifs is 1. The van der Waals surface area contributed by atoms with Gasteiger partial charge in [-0.25, -0.2) is 0 Å². The van der Waals surface area contributed by atoms with Crippen LogP contribution in [0.4, 0.5) is 11.4 Å². The largest absolute Gasteiger partial charge is 0.491 e. The zero-order chi connectivity index (χ0) is 16.8. The third kappa shape index (κ3) is 3.88. The molecule has 1 N–H and O–H groups in total. The quantitative estimate of drug-likeness (QED) is 0.877. The number of ether oxygens (including phenoxy) is 1. The van der Waals surface area contributed by atoms with Gasteiger partial charge in [-0.05, 0) is 43.0 Å². The molecule has 0 aromatic heterocycles. The number of hydrogen-bond acceptors (Lipinski definition) is 3. The van der Waals surface area contributed by atoms with Crippen LogP contribution in [-0.2, 0) is 11.2 Å². The highest BCUT2D eigenvalue weighted by Crippen LogP contribution is 2.27. The van der Waals surface area contributed by atoms with E-state index < -0.39 is 0 Å². The number of nitrogens with one attached hydrogen (secondary N) is 1. The molecule has 0 aliphatic carbocycles. The van der Waals surface area contributed by atoms with E-state index in [1.54, 1.807) is 0 Å². The van der Waals surface area contributed by atoms with Crippen molar-refractivity contribution in [1.29, 1.82) is 0 Å². The molecule has 126 valence electrons. The highest BCUT2D eigenvalue weighted by atomic mass is 16.5. The van der Waals surface area contributed by atoms with Crippen LogP contribution in [0.2, 0.25) is 0 Å². The van der Waals surface area contributed by atoms with E-state index in [1.165, 1.54) is 11.3 Å². The summed E-state index contributed by atoms with van der Waals surface area (Å²) < 4.78 is 5.71. The fourth-order valence-corrected chi connectivity index (χ4v) is 3.05. The molecule has 0 saturated heterocycles. The van der Waals surface area contributed by atoms with Crippen molar-refractivity contribution < 1.29 is 9.53 Å². The molecule has 1 aliphatic heterocycles. The number of anilines is 2. The number of carbonyl (C=O) groups is 1. The van der Waals surface area contributed by atoms with E-state index in [9.17, 15) is 4.79 Å². The molecular weight excluding hydrogens is 300 g/mol. The van der Waals surface area contributed by atoms with Crippen LogP contribution in [0, 0.1) is 0 Å². The Hall–Kier alpha value is -2.49. The summed E-state index contributed by atoms with van der Waals surface area (Å²) in [5.41, 5.74) is 3.24. The molecule has 0 spiro atoms. The Morgan fingerprint density at radius 3 is 2.83 bits per heavy atom. The van der Waals surface area contributed by atoms with E-state index in [1.807, 2.05) is 30.3 Å².